The second-order valence-corrected chi connectivity index (χ2v) is 7.23. The maximum absolute atomic E-state index is 12.3. The van der Waals surface area contributed by atoms with Crippen LogP contribution in [-0.2, 0) is 13.0 Å². The summed E-state index contributed by atoms with van der Waals surface area (Å²) < 4.78 is 2.24. The van der Waals surface area contributed by atoms with Gasteiger partial charge in [-0.3, -0.25) is 4.79 Å². The Morgan fingerprint density at radius 2 is 1.67 bits per heavy atom. The Balaban J connectivity index is 1.51. The van der Waals surface area contributed by atoms with Crippen molar-refractivity contribution in [2.24, 2.45) is 0 Å². The van der Waals surface area contributed by atoms with E-state index in [2.05, 4.69) is 20.1 Å². The van der Waals surface area contributed by atoms with Crippen molar-refractivity contribution in [1.29, 1.82) is 0 Å². The molecular weight excluding hydrogens is 360 g/mol. The van der Waals surface area contributed by atoms with E-state index in [1.807, 2.05) is 24.3 Å². The van der Waals surface area contributed by atoms with Crippen LogP contribution in [0.5, 0.6) is 0 Å². The molecular formula is C21H21ClN4O. The predicted octanol–water partition coefficient (Wildman–Crippen LogP) is 4.97. The standard InChI is InChI=1S/C21H21ClN4O/c22-17-10-6-16(7-11-17)21(27)23-18-12-8-15(9-13-18)20-25-24-19-5-3-1-2-4-14-26(19)20/h6-13H,1-5,14H2,(H,23,27). The van der Waals surface area contributed by atoms with Gasteiger partial charge in [-0.05, 0) is 61.4 Å². The van der Waals surface area contributed by atoms with Crippen LogP contribution in [0.4, 0.5) is 5.69 Å². The molecule has 2 heterocycles. The van der Waals surface area contributed by atoms with Gasteiger partial charge in [0.15, 0.2) is 5.82 Å². The minimum atomic E-state index is -0.160. The van der Waals surface area contributed by atoms with Gasteiger partial charge in [0.1, 0.15) is 5.82 Å². The maximum Gasteiger partial charge on any atom is 0.255 e. The van der Waals surface area contributed by atoms with E-state index in [-0.39, 0.29) is 5.91 Å². The van der Waals surface area contributed by atoms with Crippen molar-refractivity contribution in [3.05, 3.63) is 64.9 Å². The molecule has 5 nitrogen and oxygen atoms in total. The fourth-order valence-electron chi connectivity index (χ4n) is 3.38. The second-order valence-electron chi connectivity index (χ2n) is 6.79. The lowest BCUT2D eigenvalue weighted by molar-refractivity contribution is 0.102. The number of amides is 1. The van der Waals surface area contributed by atoms with E-state index in [0.29, 0.717) is 10.6 Å². The third-order valence-corrected chi connectivity index (χ3v) is 5.12. The van der Waals surface area contributed by atoms with Crippen LogP contribution in [0.2, 0.25) is 5.02 Å². The summed E-state index contributed by atoms with van der Waals surface area (Å²) in [6.07, 6.45) is 5.85. The van der Waals surface area contributed by atoms with Crippen molar-refractivity contribution >= 4 is 23.2 Å². The lowest BCUT2D eigenvalue weighted by atomic mass is 10.1. The van der Waals surface area contributed by atoms with Crippen LogP contribution >= 0.6 is 11.6 Å². The first-order valence-electron chi connectivity index (χ1n) is 9.30. The molecule has 0 aliphatic carbocycles. The third kappa shape index (κ3) is 4.03. The molecule has 0 fully saturated rings. The van der Waals surface area contributed by atoms with E-state index in [4.69, 9.17) is 11.6 Å². The van der Waals surface area contributed by atoms with Crippen molar-refractivity contribution in [1.82, 2.24) is 14.8 Å². The van der Waals surface area contributed by atoms with E-state index in [0.717, 1.165) is 42.3 Å². The highest BCUT2D eigenvalue weighted by Gasteiger charge is 2.15. The Morgan fingerprint density at radius 1 is 0.926 bits per heavy atom. The summed E-state index contributed by atoms with van der Waals surface area (Å²) in [6.45, 7) is 0.965. The topological polar surface area (TPSA) is 59.8 Å². The number of nitrogens with zero attached hydrogens (tertiary/aromatic N) is 3. The van der Waals surface area contributed by atoms with Crippen molar-refractivity contribution < 1.29 is 4.79 Å². The highest BCUT2D eigenvalue weighted by molar-refractivity contribution is 6.30. The summed E-state index contributed by atoms with van der Waals surface area (Å²) in [4.78, 5) is 12.3. The normalized spacial score (nSPS) is 14.1. The number of hydrogen-bond acceptors (Lipinski definition) is 3. The van der Waals surface area contributed by atoms with Gasteiger partial charge in [-0.25, -0.2) is 0 Å². The molecule has 6 heteroatoms. The van der Waals surface area contributed by atoms with Gasteiger partial charge in [0.2, 0.25) is 0 Å². The molecule has 1 aromatic heterocycles. The molecule has 2 aromatic carbocycles. The van der Waals surface area contributed by atoms with Crippen LogP contribution in [-0.4, -0.2) is 20.7 Å². The van der Waals surface area contributed by atoms with Crippen molar-refractivity contribution in [2.45, 2.75) is 38.6 Å². The summed E-state index contributed by atoms with van der Waals surface area (Å²) in [7, 11) is 0. The van der Waals surface area contributed by atoms with Gasteiger partial charge < -0.3 is 9.88 Å². The van der Waals surface area contributed by atoms with E-state index in [9.17, 15) is 4.79 Å². The zero-order valence-corrected chi connectivity index (χ0v) is 15.7. The first-order chi connectivity index (χ1) is 13.2. The van der Waals surface area contributed by atoms with Crippen LogP contribution in [0.3, 0.4) is 0 Å². The number of carbonyl (C=O) groups is 1. The van der Waals surface area contributed by atoms with Crippen LogP contribution in [0.25, 0.3) is 11.4 Å². The van der Waals surface area contributed by atoms with Gasteiger partial charge in [-0.2, -0.15) is 0 Å². The fourth-order valence-corrected chi connectivity index (χ4v) is 3.51. The quantitative estimate of drug-likeness (QED) is 0.698. The zero-order valence-electron chi connectivity index (χ0n) is 15.0. The molecule has 0 spiro atoms. The summed E-state index contributed by atoms with van der Waals surface area (Å²) in [5.74, 6) is 1.82. The molecule has 138 valence electrons. The fraction of sp³-hybridized carbons (Fsp3) is 0.286. The molecule has 27 heavy (non-hydrogen) atoms. The molecule has 0 radical (unpaired) electrons. The SMILES string of the molecule is O=C(Nc1ccc(-c2nnc3n2CCCCCC3)cc1)c1ccc(Cl)cc1. The van der Waals surface area contributed by atoms with Crippen LogP contribution in [0.1, 0.15) is 41.9 Å². The maximum atomic E-state index is 12.3. The molecule has 1 N–H and O–H groups in total. The summed E-state index contributed by atoms with van der Waals surface area (Å²) >= 11 is 5.87. The van der Waals surface area contributed by atoms with Crippen LogP contribution in [0, 0.1) is 0 Å². The Bertz CT molecular complexity index is 932. The number of carbonyl (C=O) groups excluding carboxylic acids is 1. The first-order valence-corrected chi connectivity index (χ1v) is 9.68. The number of fused-ring (bicyclic) bond motifs is 1. The molecule has 0 saturated heterocycles. The summed E-state index contributed by atoms with van der Waals surface area (Å²) in [6, 6.07) is 14.6. The number of halogens is 1. The Morgan fingerprint density at radius 3 is 2.44 bits per heavy atom. The smallest absolute Gasteiger partial charge is 0.255 e. The van der Waals surface area contributed by atoms with Gasteiger partial charge in [0.25, 0.3) is 5.91 Å². The monoisotopic (exact) mass is 380 g/mol. The molecule has 0 saturated carbocycles. The molecule has 3 aromatic rings. The average molecular weight is 381 g/mol. The van der Waals surface area contributed by atoms with E-state index in [1.165, 1.54) is 19.3 Å². The lowest BCUT2D eigenvalue weighted by Gasteiger charge is -2.13. The third-order valence-electron chi connectivity index (χ3n) is 4.87. The zero-order chi connectivity index (χ0) is 18.6. The van der Waals surface area contributed by atoms with Crippen molar-refractivity contribution in [3.8, 4) is 11.4 Å². The predicted molar refractivity (Wildman–Crippen MR) is 107 cm³/mol. The van der Waals surface area contributed by atoms with Crippen molar-refractivity contribution in [2.75, 3.05) is 5.32 Å². The highest BCUT2D eigenvalue weighted by atomic mass is 35.5. The molecule has 4 rings (SSSR count). The molecule has 0 unspecified atom stereocenters. The van der Waals surface area contributed by atoms with Gasteiger partial charge in [0, 0.05) is 34.8 Å². The molecule has 1 amide bonds. The van der Waals surface area contributed by atoms with Crippen LogP contribution < -0.4 is 5.32 Å². The Labute approximate surface area is 163 Å². The molecule has 1 aliphatic rings. The number of hydrogen-bond donors (Lipinski definition) is 1. The lowest BCUT2D eigenvalue weighted by Crippen LogP contribution is -2.11. The Kier molecular flexibility index (Phi) is 5.21. The number of benzene rings is 2. The molecule has 1 aliphatic heterocycles. The van der Waals surface area contributed by atoms with E-state index < -0.39 is 0 Å². The number of anilines is 1. The minimum Gasteiger partial charge on any atom is -0.322 e. The summed E-state index contributed by atoms with van der Waals surface area (Å²) in [5, 5.41) is 12.3. The number of nitrogens with one attached hydrogen (secondary N) is 1. The number of aromatic nitrogens is 3. The van der Waals surface area contributed by atoms with Gasteiger partial charge in [-0.1, -0.05) is 24.4 Å². The van der Waals surface area contributed by atoms with E-state index >= 15 is 0 Å². The van der Waals surface area contributed by atoms with Crippen LogP contribution in [0.15, 0.2) is 48.5 Å². The van der Waals surface area contributed by atoms with Gasteiger partial charge in [-0.15, -0.1) is 10.2 Å². The average Bonchev–Trinajstić information content (AvgIpc) is 3.04. The second kappa shape index (κ2) is 7.92. The first kappa shape index (κ1) is 17.7. The summed E-state index contributed by atoms with van der Waals surface area (Å²) in [5.41, 5.74) is 2.33. The minimum absolute atomic E-state index is 0.160. The molecule has 0 bridgehead atoms. The van der Waals surface area contributed by atoms with Gasteiger partial charge >= 0.3 is 0 Å². The molecule has 0 atom stereocenters. The highest BCUT2D eigenvalue weighted by Crippen LogP contribution is 2.24. The van der Waals surface area contributed by atoms with E-state index in [1.54, 1.807) is 24.3 Å². The number of aryl methyl sites for hydroxylation is 1. The Hall–Kier alpha value is -2.66. The number of rotatable bonds is 3. The van der Waals surface area contributed by atoms with Crippen molar-refractivity contribution in [3.63, 3.8) is 0 Å². The van der Waals surface area contributed by atoms with Gasteiger partial charge in [0.05, 0.1) is 0 Å². The largest absolute Gasteiger partial charge is 0.322 e.